The number of hydrogen-bond donors (Lipinski definition) is 1. The lowest BCUT2D eigenvalue weighted by Gasteiger charge is -2.07. The van der Waals surface area contributed by atoms with Crippen LogP contribution >= 0.6 is 0 Å². The lowest BCUT2D eigenvalue weighted by Crippen LogP contribution is -2.01. The van der Waals surface area contributed by atoms with Gasteiger partial charge in [0.05, 0.1) is 7.11 Å². The molecule has 4 heteroatoms. The number of hydrogen-bond acceptors (Lipinski definition) is 3. The van der Waals surface area contributed by atoms with Crippen molar-refractivity contribution in [2.75, 3.05) is 7.11 Å². The maximum absolute atomic E-state index is 13.6. The van der Waals surface area contributed by atoms with Crippen molar-refractivity contribution >= 4 is 5.97 Å². The van der Waals surface area contributed by atoms with E-state index in [0.717, 1.165) is 0 Å². The summed E-state index contributed by atoms with van der Waals surface area (Å²) >= 11 is 0. The molecule has 0 unspecified atom stereocenters. The summed E-state index contributed by atoms with van der Waals surface area (Å²) in [5, 5.41) is 9.56. The van der Waals surface area contributed by atoms with Crippen LogP contribution in [0.1, 0.15) is 10.4 Å². The molecule has 0 radical (unpaired) electrons. The number of aromatic hydroxyl groups is 1. The quantitative estimate of drug-likeness (QED) is 0.828. The van der Waals surface area contributed by atoms with Crippen LogP contribution in [-0.2, 0) is 4.74 Å². The van der Waals surface area contributed by atoms with E-state index in [1.807, 2.05) is 0 Å². The van der Waals surface area contributed by atoms with Crippen LogP contribution in [0, 0.1) is 5.82 Å². The molecule has 0 amide bonds. The van der Waals surface area contributed by atoms with Crippen molar-refractivity contribution in [3.05, 3.63) is 53.8 Å². The number of methoxy groups -OCH3 is 1. The molecule has 0 heterocycles. The molecule has 0 aliphatic rings. The lowest BCUT2D eigenvalue weighted by molar-refractivity contribution is 0.0597. The Hall–Kier alpha value is -2.36. The second kappa shape index (κ2) is 4.87. The Morgan fingerprint density at radius 2 is 1.94 bits per heavy atom. The van der Waals surface area contributed by atoms with E-state index in [1.54, 1.807) is 24.3 Å². The molecule has 0 aliphatic heterocycles. The second-order valence-electron chi connectivity index (χ2n) is 3.70. The topological polar surface area (TPSA) is 46.5 Å². The summed E-state index contributed by atoms with van der Waals surface area (Å²) in [5.41, 5.74) is 0.882. The van der Waals surface area contributed by atoms with E-state index in [9.17, 15) is 14.3 Å². The van der Waals surface area contributed by atoms with Crippen LogP contribution in [0.4, 0.5) is 4.39 Å². The highest BCUT2D eigenvalue weighted by Gasteiger charge is 2.14. The molecular weight excluding hydrogens is 235 g/mol. The molecule has 0 saturated carbocycles. The zero-order valence-electron chi connectivity index (χ0n) is 9.68. The van der Waals surface area contributed by atoms with Gasteiger partial charge in [0.15, 0.2) is 0 Å². The normalized spacial score (nSPS) is 10.1. The number of ether oxygens (including phenoxy) is 1. The summed E-state index contributed by atoms with van der Waals surface area (Å²) in [7, 11) is 1.22. The van der Waals surface area contributed by atoms with Gasteiger partial charge in [0, 0.05) is 5.56 Å². The van der Waals surface area contributed by atoms with Gasteiger partial charge in [-0.2, -0.15) is 0 Å². The molecule has 1 N–H and O–H groups in total. The molecule has 3 nitrogen and oxygen atoms in total. The highest BCUT2D eigenvalue weighted by Crippen LogP contribution is 2.28. The molecule has 0 aliphatic carbocycles. The highest BCUT2D eigenvalue weighted by atomic mass is 19.1. The molecule has 2 rings (SSSR count). The molecule has 2 aromatic rings. The number of halogens is 1. The van der Waals surface area contributed by atoms with Crippen LogP contribution in [0.5, 0.6) is 5.75 Å². The first-order chi connectivity index (χ1) is 8.63. The second-order valence-corrected chi connectivity index (χ2v) is 3.70. The van der Waals surface area contributed by atoms with E-state index in [4.69, 9.17) is 0 Å². The van der Waals surface area contributed by atoms with Crippen molar-refractivity contribution in [2.45, 2.75) is 0 Å². The maximum atomic E-state index is 13.6. The number of carbonyl (C=O) groups is 1. The Morgan fingerprint density at radius 1 is 1.22 bits per heavy atom. The predicted molar refractivity (Wildman–Crippen MR) is 64.8 cm³/mol. The average Bonchev–Trinajstić information content (AvgIpc) is 2.39. The summed E-state index contributed by atoms with van der Waals surface area (Å²) in [4.78, 5) is 11.4. The smallest absolute Gasteiger partial charge is 0.341 e. The number of phenols is 1. The number of esters is 1. The summed E-state index contributed by atoms with van der Waals surface area (Å²) in [6.07, 6.45) is 0. The molecule has 0 bridgehead atoms. The van der Waals surface area contributed by atoms with Gasteiger partial charge in [-0.3, -0.25) is 0 Å². The molecule has 18 heavy (non-hydrogen) atoms. The monoisotopic (exact) mass is 246 g/mol. The Bertz CT molecular complexity index is 593. The minimum Gasteiger partial charge on any atom is -0.507 e. The Kier molecular flexibility index (Phi) is 3.28. The minimum atomic E-state index is -0.661. The standard InChI is InChI=1S/C14H11FO3/c1-18-14(17)11-8-9(6-7-13(11)16)10-4-2-3-5-12(10)15/h2-8,16H,1H3. The highest BCUT2D eigenvalue weighted by molar-refractivity contribution is 5.94. The molecule has 0 saturated heterocycles. The summed E-state index contributed by atoms with van der Waals surface area (Å²) in [6, 6.07) is 10.5. The largest absolute Gasteiger partial charge is 0.507 e. The number of carbonyl (C=O) groups excluding carboxylic acids is 1. The van der Waals surface area contributed by atoms with Gasteiger partial charge in [-0.1, -0.05) is 24.3 Å². The molecule has 0 atom stereocenters. The molecule has 0 fully saturated rings. The van der Waals surface area contributed by atoms with Crippen LogP contribution in [-0.4, -0.2) is 18.2 Å². The van der Waals surface area contributed by atoms with Crippen LogP contribution in [0.25, 0.3) is 11.1 Å². The van der Waals surface area contributed by atoms with E-state index < -0.39 is 5.97 Å². The van der Waals surface area contributed by atoms with Crippen LogP contribution in [0.15, 0.2) is 42.5 Å². The van der Waals surface area contributed by atoms with Crippen molar-refractivity contribution in [3.8, 4) is 16.9 Å². The Labute approximate surface area is 103 Å². The number of rotatable bonds is 2. The van der Waals surface area contributed by atoms with Gasteiger partial charge in [0.25, 0.3) is 0 Å². The third-order valence-corrected chi connectivity index (χ3v) is 2.59. The summed E-state index contributed by atoms with van der Waals surface area (Å²) in [5.74, 6) is -1.24. The molecule has 2 aromatic carbocycles. The van der Waals surface area contributed by atoms with Crippen molar-refractivity contribution in [1.29, 1.82) is 0 Å². The zero-order valence-corrected chi connectivity index (χ0v) is 9.68. The molecular formula is C14H11FO3. The average molecular weight is 246 g/mol. The van der Waals surface area contributed by atoms with Crippen molar-refractivity contribution in [3.63, 3.8) is 0 Å². The van der Waals surface area contributed by atoms with Gasteiger partial charge in [-0.05, 0) is 23.8 Å². The third kappa shape index (κ3) is 2.18. The van der Waals surface area contributed by atoms with Crippen LogP contribution < -0.4 is 0 Å². The Morgan fingerprint density at radius 3 is 2.61 bits per heavy atom. The van der Waals surface area contributed by atoms with Crippen molar-refractivity contribution in [1.82, 2.24) is 0 Å². The van der Waals surface area contributed by atoms with E-state index in [0.29, 0.717) is 11.1 Å². The zero-order chi connectivity index (χ0) is 13.1. The van der Waals surface area contributed by atoms with Gasteiger partial charge in [-0.15, -0.1) is 0 Å². The molecule has 0 spiro atoms. The van der Waals surface area contributed by atoms with Gasteiger partial charge >= 0.3 is 5.97 Å². The van der Waals surface area contributed by atoms with Crippen molar-refractivity contribution < 1.29 is 19.0 Å². The molecule has 0 aromatic heterocycles. The third-order valence-electron chi connectivity index (χ3n) is 2.59. The Balaban J connectivity index is 2.54. The summed E-state index contributed by atoms with van der Waals surface area (Å²) in [6.45, 7) is 0. The van der Waals surface area contributed by atoms with Crippen molar-refractivity contribution in [2.24, 2.45) is 0 Å². The van der Waals surface area contributed by atoms with Gasteiger partial charge in [0.2, 0.25) is 0 Å². The minimum absolute atomic E-state index is 0.0123. The first-order valence-electron chi connectivity index (χ1n) is 5.29. The van der Waals surface area contributed by atoms with Gasteiger partial charge in [0.1, 0.15) is 17.1 Å². The first kappa shape index (κ1) is 12.1. The fourth-order valence-corrected chi connectivity index (χ4v) is 1.67. The molecule has 92 valence electrons. The fourth-order valence-electron chi connectivity index (χ4n) is 1.67. The first-order valence-corrected chi connectivity index (χ1v) is 5.29. The number of benzene rings is 2. The SMILES string of the molecule is COC(=O)c1cc(-c2ccccc2F)ccc1O. The predicted octanol–water partition coefficient (Wildman–Crippen LogP) is 2.98. The van der Waals surface area contributed by atoms with E-state index >= 15 is 0 Å². The van der Waals surface area contributed by atoms with Gasteiger partial charge < -0.3 is 9.84 Å². The maximum Gasteiger partial charge on any atom is 0.341 e. The summed E-state index contributed by atoms with van der Waals surface area (Å²) < 4.78 is 18.2. The van der Waals surface area contributed by atoms with Crippen LogP contribution in [0.3, 0.4) is 0 Å². The van der Waals surface area contributed by atoms with E-state index in [2.05, 4.69) is 4.74 Å². The fraction of sp³-hybridized carbons (Fsp3) is 0.0714. The number of phenolic OH excluding ortho intramolecular Hbond substituents is 1. The van der Waals surface area contributed by atoms with E-state index in [1.165, 1.54) is 25.3 Å². The van der Waals surface area contributed by atoms with E-state index in [-0.39, 0.29) is 17.1 Å². The van der Waals surface area contributed by atoms with Crippen LogP contribution in [0.2, 0.25) is 0 Å². The lowest BCUT2D eigenvalue weighted by atomic mass is 10.0. The van der Waals surface area contributed by atoms with Gasteiger partial charge in [-0.25, -0.2) is 9.18 Å².